The number of halogens is 4. The molecule has 0 saturated heterocycles. The summed E-state index contributed by atoms with van der Waals surface area (Å²) in [6.07, 6.45) is -2.74. The van der Waals surface area contributed by atoms with Gasteiger partial charge in [0.15, 0.2) is 10.8 Å². The molecule has 3 rings (SSSR count). The lowest BCUT2D eigenvalue weighted by molar-refractivity contribution is -0.137. The van der Waals surface area contributed by atoms with Crippen molar-refractivity contribution in [3.63, 3.8) is 0 Å². The van der Waals surface area contributed by atoms with E-state index in [1.54, 1.807) is 0 Å². The molecule has 0 aliphatic heterocycles. The van der Waals surface area contributed by atoms with Gasteiger partial charge >= 0.3 is 6.18 Å². The van der Waals surface area contributed by atoms with Crippen molar-refractivity contribution in [1.82, 2.24) is 20.2 Å². The maximum atomic E-state index is 12.9. The third-order valence-electron chi connectivity index (χ3n) is 3.05. The first-order valence-corrected chi connectivity index (χ1v) is 9.39. The molecule has 0 unspecified atom stereocenters. The molecule has 136 valence electrons. The van der Waals surface area contributed by atoms with Crippen molar-refractivity contribution in [2.75, 3.05) is 5.32 Å². The minimum atomic E-state index is -4.79. The number of aromatic nitrogens is 4. The predicted octanol–water partition coefficient (Wildman–Crippen LogP) is 3.58. The minimum absolute atomic E-state index is 0.202. The third-order valence-corrected chi connectivity index (χ3v) is 5.62. The second-order valence-electron chi connectivity index (χ2n) is 4.75. The van der Waals surface area contributed by atoms with Crippen LogP contribution in [0.15, 0.2) is 46.0 Å². The van der Waals surface area contributed by atoms with E-state index in [0.717, 1.165) is 24.5 Å². The molecular weight excluding hydrogens is 415 g/mol. The van der Waals surface area contributed by atoms with Crippen molar-refractivity contribution in [1.29, 1.82) is 0 Å². The van der Waals surface area contributed by atoms with Gasteiger partial charge in [-0.05, 0) is 18.2 Å². The molecule has 2 heterocycles. The molecule has 2 aromatic heterocycles. The second-order valence-corrected chi connectivity index (χ2v) is 7.89. The summed E-state index contributed by atoms with van der Waals surface area (Å²) in [4.78, 5) is 7.03. The predicted molar refractivity (Wildman–Crippen MR) is 87.1 cm³/mol. The molecule has 0 fully saturated rings. The summed E-state index contributed by atoms with van der Waals surface area (Å²) < 4.78 is 63.8. The zero-order valence-corrected chi connectivity index (χ0v) is 14.8. The fraction of sp³-hybridized carbons (Fsp3) is 0.0769. The summed E-state index contributed by atoms with van der Waals surface area (Å²) in [7, 11) is -4.30. The summed E-state index contributed by atoms with van der Waals surface area (Å²) >= 11 is 6.70. The Morgan fingerprint density at radius 3 is 2.50 bits per heavy atom. The first-order valence-electron chi connectivity index (χ1n) is 6.65. The van der Waals surface area contributed by atoms with Gasteiger partial charge < -0.3 is 5.32 Å². The summed E-state index contributed by atoms with van der Waals surface area (Å²) in [5, 5.41) is 9.40. The van der Waals surface area contributed by atoms with Crippen molar-refractivity contribution < 1.29 is 21.6 Å². The van der Waals surface area contributed by atoms with Gasteiger partial charge in [0.25, 0.3) is 0 Å². The van der Waals surface area contributed by atoms with Crippen LogP contribution in [-0.4, -0.2) is 28.6 Å². The Kier molecular flexibility index (Phi) is 4.82. The number of hydrogen-bond donors (Lipinski definition) is 1. The average Bonchev–Trinajstić information content (AvgIpc) is 3.07. The van der Waals surface area contributed by atoms with Gasteiger partial charge in [0, 0.05) is 0 Å². The van der Waals surface area contributed by atoms with Gasteiger partial charge in [-0.2, -0.15) is 13.2 Å². The van der Waals surface area contributed by atoms with Gasteiger partial charge in [-0.25, -0.2) is 18.4 Å². The lowest BCUT2D eigenvalue weighted by atomic mass is 10.2. The Hall–Kier alpha value is -2.31. The Labute approximate surface area is 153 Å². The Morgan fingerprint density at radius 1 is 1.15 bits per heavy atom. The van der Waals surface area contributed by atoms with E-state index < -0.39 is 36.5 Å². The summed E-state index contributed by atoms with van der Waals surface area (Å²) in [5.41, 5.74) is 0.232. The molecule has 1 N–H and O–H groups in total. The number of alkyl halides is 3. The second kappa shape index (κ2) is 6.78. The molecule has 0 aliphatic carbocycles. The van der Waals surface area contributed by atoms with Gasteiger partial charge in [0.05, 0.1) is 27.9 Å². The highest BCUT2D eigenvalue weighted by Crippen LogP contribution is 2.36. The van der Waals surface area contributed by atoms with Crippen molar-refractivity contribution >= 4 is 43.7 Å². The number of rotatable bonds is 4. The normalized spacial score (nSPS) is 12.2. The standard InChI is InChI=1S/C13H7ClF3N5O2S2/c14-9-2-1-7(3-8(9)13(15,16)17)26(23,24)11-5-18-10(4-19-11)21-12-22-20-6-25-12/h1-6H,(H,18,21,22). The zero-order valence-electron chi connectivity index (χ0n) is 12.4. The monoisotopic (exact) mass is 421 g/mol. The van der Waals surface area contributed by atoms with E-state index >= 15 is 0 Å². The SMILES string of the molecule is O=S(=O)(c1ccc(Cl)c(C(F)(F)F)c1)c1cnc(Nc2nncs2)cn1. The Balaban J connectivity index is 1.93. The molecular formula is C13H7ClF3N5O2S2. The summed E-state index contributed by atoms with van der Waals surface area (Å²) in [6, 6.07) is 2.31. The van der Waals surface area contributed by atoms with Crippen LogP contribution in [0.2, 0.25) is 5.02 Å². The van der Waals surface area contributed by atoms with Crippen LogP contribution in [0.5, 0.6) is 0 Å². The van der Waals surface area contributed by atoms with Gasteiger partial charge in [-0.1, -0.05) is 22.9 Å². The van der Waals surface area contributed by atoms with Crippen LogP contribution in [0, 0.1) is 0 Å². The van der Waals surface area contributed by atoms with Crippen LogP contribution >= 0.6 is 22.9 Å². The molecule has 0 radical (unpaired) electrons. The third kappa shape index (κ3) is 3.76. The van der Waals surface area contributed by atoms with Crippen LogP contribution in [0.1, 0.15) is 5.56 Å². The molecule has 1 aromatic carbocycles. The largest absolute Gasteiger partial charge is 0.417 e. The lowest BCUT2D eigenvalue weighted by Crippen LogP contribution is -2.10. The van der Waals surface area contributed by atoms with Crippen molar-refractivity contribution in [2.24, 2.45) is 0 Å². The maximum Gasteiger partial charge on any atom is 0.417 e. The van der Waals surface area contributed by atoms with Crippen LogP contribution in [-0.2, 0) is 16.0 Å². The smallest absolute Gasteiger partial charge is 0.313 e. The lowest BCUT2D eigenvalue weighted by Gasteiger charge is -2.11. The van der Waals surface area contributed by atoms with Crippen LogP contribution < -0.4 is 5.32 Å². The van der Waals surface area contributed by atoms with E-state index in [-0.39, 0.29) is 5.82 Å². The molecule has 0 saturated carbocycles. The highest BCUT2D eigenvalue weighted by molar-refractivity contribution is 7.91. The number of nitrogens with one attached hydrogen (secondary N) is 1. The van der Waals surface area contributed by atoms with Gasteiger partial charge in [0.2, 0.25) is 15.0 Å². The van der Waals surface area contributed by atoms with Crippen LogP contribution in [0.3, 0.4) is 0 Å². The number of benzene rings is 1. The Morgan fingerprint density at radius 2 is 1.92 bits per heavy atom. The fourth-order valence-electron chi connectivity index (χ4n) is 1.87. The quantitative estimate of drug-likeness (QED) is 0.687. The molecule has 0 amide bonds. The average molecular weight is 422 g/mol. The summed E-state index contributed by atoms with van der Waals surface area (Å²) in [6.45, 7) is 0. The molecule has 0 spiro atoms. The van der Waals surface area contributed by atoms with E-state index in [1.165, 1.54) is 16.8 Å². The topological polar surface area (TPSA) is 97.7 Å². The molecule has 7 nitrogen and oxygen atoms in total. The van der Waals surface area contributed by atoms with Crippen LogP contribution in [0.25, 0.3) is 0 Å². The van der Waals surface area contributed by atoms with Gasteiger partial charge in [0.1, 0.15) is 5.51 Å². The molecule has 26 heavy (non-hydrogen) atoms. The molecule has 3 aromatic rings. The first-order chi connectivity index (χ1) is 12.2. The van der Waals surface area contributed by atoms with Crippen molar-refractivity contribution in [2.45, 2.75) is 16.1 Å². The first kappa shape index (κ1) is 18.5. The van der Waals surface area contributed by atoms with Crippen molar-refractivity contribution in [3.05, 3.63) is 46.7 Å². The highest BCUT2D eigenvalue weighted by Gasteiger charge is 2.35. The number of sulfone groups is 1. The molecule has 0 aliphatic rings. The van der Waals surface area contributed by atoms with E-state index in [0.29, 0.717) is 11.2 Å². The number of hydrogen-bond acceptors (Lipinski definition) is 8. The van der Waals surface area contributed by atoms with E-state index in [2.05, 4.69) is 25.5 Å². The maximum absolute atomic E-state index is 12.9. The van der Waals surface area contributed by atoms with Crippen molar-refractivity contribution in [3.8, 4) is 0 Å². The molecule has 0 atom stereocenters. The number of anilines is 2. The number of nitrogens with zero attached hydrogens (tertiary/aromatic N) is 4. The van der Waals surface area contributed by atoms with E-state index in [1.807, 2.05) is 0 Å². The Bertz CT molecular complexity index is 1020. The van der Waals surface area contributed by atoms with Crippen LogP contribution in [0.4, 0.5) is 24.1 Å². The molecule has 13 heteroatoms. The van der Waals surface area contributed by atoms with E-state index in [4.69, 9.17) is 11.6 Å². The zero-order chi connectivity index (χ0) is 18.9. The highest BCUT2D eigenvalue weighted by atomic mass is 35.5. The summed E-state index contributed by atoms with van der Waals surface area (Å²) in [5.74, 6) is 0.202. The minimum Gasteiger partial charge on any atom is -0.313 e. The fourth-order valence-corrected chi connectivity index (χ4v) is 3.69. The molecule has 0 bridgehead atoms. The van der Waals surface area contributed by atoms with E-state index in [9.17, 15) is 21.6 Å². The van der Waals surface area contributed by atoms with Gasteiger partial charge in [-0.15, -0.1) is 10.2 Å². The van der Waals surface area contributed by atoms with Gasteiger partial charge in [-0.3, -0.25) is 0 Å².